The van der Waals surface area contributed by atoms with Crippen molar-refractivity contribution in [3.05, 3.63) is 69.8 Å². The zero-order valence-corrected chi connectivity index (χ0v) is 11.7. The van der Waals surface area contributed by atoms with E-state index < -0.39 is 0 Å². The van der Waals surface area contributed by atoms with E-state index in [1.54, 1.807) is 42.5 Å². The molecule has 2 rings (SSSR count). The summed E-state index contributed by atoms with van der Waals surface area (Å²) < 4.78 is 0. The first-order valence-electron chi connectivity index (χ1n) is 6.71. The van der Waals surface area contributed by atoms with E-state index in [-0.39, 0.29) is 16.4 Å². The number of anilines is 1. The van der Waals surface area contributed by atoms with Gasteiger partial charge in [-0.05, 0) is 24.3 Å². The minimum absolute atomic E-state index is 0.0975. The van der Waals surface area contributed by atoms with Crippen molar-refractivity contribution >= 4 is 17.2 Å². The summed E-state index contributed by atoms with van der Waals surface area (Å²) in [7, 11) is 0. The van der Waals surface area contributed by atoms with E-state index in [0.29, 0.717) is 24.1 Å². The molecule has 0 aromatic heterocycles. The lowest BCUT2D eigenvalue weighted by molar-refractivity contribution is -0.385. The molecule has 5 heteroatoms. The fourth-order valence-corrected chi connectivity index (χ4v) is 2.01. The van der Waals surface area contributed by atoms with Gasteiger partial charge in [-0.3, -0.25) is 14.9 Å². The molecule has 0 aliphatic rings. The second-order valence-corrected chi connectivity index (χ2v) is 4.59. The molecule has 0 unspecified atom stereocenters. The average molecular weight is 284 g/mol. The maximum absolute atomic E-state index is 11.5. The molecular weight excluding hydrogens is 268 g/mol. The second-order valence-electron chi connectivity index (χ2n) is 4.59. The van der Waals surface area contributed by atoms with Crippen LogP contribution in [-0.2, 0) is 6.54 Å². The van der Waals surface area contributed by atoms with E-state index in [0.717, 1.165) is 5.69 Å². The lowest BCUT2D eigenvalue weighted by atomic mass is 10.1. The Morgan fingerprint density at radius 2 is 1.81 bits per heavy atom. The van der Waals surface area contributed by atoms with Crippen molar-refractivity contribution in [2.45, 2.75) is 19.9 Å². The Labute approximate surface area is 122 Å². The Balaban J connectivity index is 2.07. The third-order valence-corrected chi connectivity index (χ3v) is 3.20. The topological polar surface area (TPSA) is 72.2 Å². The van der Waals surface area contributed by atoms with Gasteiger partial charge in [0, 0.05) is 35.8 Å². The maximum Gasteiger partial charge on any atom is 0.274 e. The Hall–Kier alpha value is -2.69. The standard InChI is InChI=1S/C16H16N2O3/c1-2-16(19)12-7-9-14(10-8-12)17-11-13-5-3-4-6-15(13)18(20)21/h3-10,17H,2,11H2,1H3. The van der Waals surface area contributed by atoms with Gasteiger partial charge >= 0.3 is 0 Å². The summed E-state index contributed by atoms with van der Waals surface area (Å²) in [6, 6.07) is 13.7. The Bertz CT molecular complexity index is 651. The Morgan fingerprint density at radius 1 is 1.14 bits per heavy atom. The first-order valence-corrected chi connectivity index (χ1v) is 6.71. The zero-order chi connectivity index (χ0) is 15.2. The molecule has 0 atom stereocenters. The molecule has 1 N–H and O–H groups in total. The number of para-hydroxylation sites is 1. The lowest BCUT2D eigenvalue weighted by Gasteiger charge is -2.07. The van der Waals surface area contributed by atoms with Crippen molar-refractivity contribution in [2.75, 3.05) is 5.32 Å². The third-order valence-electron chi connectivity index (χ3n) is 3.20. The smallest absolute Gasteiger partial charge is 0.274 e. The molecule has 21 heavy (non-hydrogen) atoms. The van der Waals surface area contributed by atoms with Crippen LogP contribution in [0.5, 0.6) is 0 Å². The summed E-state index contributed by atoms with van der Waals surface area (Å²) in [6.45, 7) is 2.18. The third kappa shape index (κ3) is 3.66. The molecule has 0 fully saturated rings. The van der Waals surface area contributed by atoms with Crippen LogP contribution in [0.1, 0.15) is 29.3 Å². The molecule has 2 aromatic carbocycles. The SMILES string of the molecule is CCC(=O)c1ccc(NCc2ccccc2[N+](=O)[O-])cc1. The monoisotopic (exact) mass is 284 g/mol. The van der Waals surface area contributed by atoms with Gasteiger partial charge in [-0.25, -0.2) is 0 Å². The number of carbonyl (C=O) groups excluding carboxylic acids is 1. The summed E-state index contributed by atoms with van der Waals surface area (Å²) in [6.07, 6.45) is 0.475. The van der Waals surface area contributed by atoms with Crippen molar-refractivity contribution < 1.29 is 9.72 Å². The molecule has 2 aromatic rings. The zero-order valence-electron chi connectivity index (χ0n) is 11.7. The first kappa shape index (κ1) is 14.7. The first-order chi connectivity index (χ1) is 10.1. The van der Waals surface area contributed by atoms with Gasteiger partial charge < -0.3 is 5.32 Å². The van der Waals surface area contributed by atoms with Gasteiger partial charge in [-0.15, -0.1) is 0 Å². The molecule has 0 amide bonds. The molecule has 108 valence electrons. The van der Waals surface area contributed by atoms with Crippen molar-refractivity contribution in [3.63, 3.8) is 0 Å². The molecule has 0 aliphatic heterocycles. The van der Waals surface area contributed by atoms with Gasteiger partial charge in [0.15, 0.2) is 5.78 Å². The largest absolute Gasteiger partial charge is 0.381 e. The number of nitro groups is 1. The van der Waals surface area contributed by atoms with Crippen molar-refractivity contribution in [2.24, 2.45) is 0 Å². The van der Waals surface area contributed by atoms with Crippen LogP contribution < -0.4 is 5.32 Å². The van der Waals surface area contributed by atoms with Crippen molar-refractivity contribution in [3.8, 4) is 0 Å². The Morgan fingerprint density at radius 3 is 2.43 bits per heavy atom. The second kappa shape index (κ2) is 6.65. The van der Waals surface area contributed by atoms with E-state index in [4.69, 9.17) is 0 Å². The highest BCUT2D eigenvalue weighted by molar-refractivity contribution is 5.96. The molecule has 0 saturated heterocycles. The molecule has 5 nitrogen and oxygen atoms in total. The number of nitro benzene ring substituents is 1. The fourth-order valence-electron chi connectivity index (χ4n) is 2.01. The average Bonchev–Trinajstić information content (AvgIpc) is 2.52. The number of hydrogen-bond donors (Lipinski definition) is 1. The van der Waals surface area contributed by atoms with Gasteiger partial charge in [0.2, 0.25) is 0 Å². The van der Waals surface area contributed by atoms with Crippen LogP contribution >= 0.6 is 0 Å². The summed E-state index contributed by atoms with van der Waals surface area (Å²) >= 11 is 0. The summed E-state index contributed by atoms with van der Waals surface area (Å²) in [4.78, 5) is 22.1. The molecule has 0 radical (unpaired) electrons. The van der Waals surface area contributed by atoms with Crippen LogP contribution in [0.2, 0.25) is 0 Å². The number of carbonyl (C=O) groups is 1. The number of nitrogens with zero attached hydrogens (tertiary/aromatic N) is 1. The van der Waals surface area contributed by atoms with Gasteiger partial charge in [0.05, 0.1) is 4.92 Å². The fraction of sp³-hybridized carbons (Fsp3) is 0.188. The van der Waals surface area contributed by atoms with E-state index in [1.165, 1.54) is 6.07 Å². The minimum atomic E-state index is -0.389. The number of benzene rings is 2. The minimum Gasteiger partial charge on any atom is -0.381 e. The van der Waals surface area contributed by atoms with Crippen molar-refractivity contribution in [1.29, 1.82) is 0 Å². The number of nitrogens with one attached hydrogen (secondary N) is 1. The lowest BCUT2D eigenvalue weighted by Crippen LogP contribution is -2.03. The summed E-state index contributed by atoms with van der Waals surface area (Å²) in [5.74, 6) is 0.0975. The van der Waals surface area contributed by atoms with Gasteiger partial charge in [0.25, 0.3) is 5.69 Å². The summed E-state index contributed by atoms with van der Waals surface area (Å²) in [5.41, 5.74) is 2.22. The van der Waals surface area contributed by atoms with Crippen LogP contribution in [0, 0.1) is 10.1 Å². The van der Waals surface area contributed by atoms with Gasteiger partial charge in [-0.1, -0.05) is 25.1 Å². The van der Waals surface area contributed by atoms with Crippen LogP contribution in [-0.4, -0.2) is 10.7 Å². The number of hydrogen-bond acceptors (Lipinski definition) is 4. The molecular formula is C16H16N2O3. The van der Waals surface area contributed by atoms with E-state index in [1.807, 2.05) is 6.92 Å². The van der Waals surface area contributed by atoms with Crippen LogP contribution in [0.3, 0.4) is 0 Å². The quantitative estimate of drug-likeness (QED) is 0.497. The van der Waals surface area contributed by atoms with Gasteiger partial charge in [0.1, 0.15) is 0 Å². The molecule has 0 spiro atoms. The number of rotatable bonds is 6. The van der Waals surface area contributed by atoms with E-state index >= 15 is 0 Å². The highest BCUT2D eigenvalue weighted by atomic mass is 16.6. The highest BCUT2D eigenvalue weighted by Gasteiger charge is 2.11. The normalized spacial score (nSPS) is 10.1. The maximum atomic E-state index is 11.5. The molecule has 0 heterocycles. The van der Waals surface area contributed by atoms with Gasteiger partial charge in [-0.2, -0.15) is 0 Å². The predicted octanol–water partition coefficient (Wildman–Crippen LogP) is 3.80. The van der Waals surface area contributed by atoms with E-state index in [9.17, 15) is 14.9 Å². The highest BCUT2D eigenvalue weighted by Crippen LogP contribution is 2.19. The van der Waals surface area contributed by atoms with E-state index in [2.05, 4.69) is 5.32 Å². The van der Waals surface area contributed by atoms with Crippen LogP contribution in [0.15, 0.2) is 48.5 Å². The Kier molecular flexibility index (Phi) is 4.66. The molecule has 0 bridgehead atoms. The van der Waals surface area contributed by atoms with Crippen LogP contribution in [0.25, 0.3) is 0 Å². The van der Waals surface area contributed by atoms with Crippen LogP contribution in [0.4, 0.5) is 11.4 Å². The number of ketones is 1. The molecule has 0 saturated carbocycles. The predicted molar refractivity (Wildman–Crippen MR) is 81.5 cm³/mol. The summed E-state index contributed by atoms with van der Waals surface area (Å²) in [5, 5.41) is 14.1. The molecule has 0 aliphatic carbocycles. The number of Topliss-reactive ketones (excluding diaryl/α,β-unsaturated/α-hetero) is 1. The van der Waals surface area contributed by atoms with Crippen molar-refractivity contribution in [1.82, 2.24) is 0 Å².